The Kier molecular flexibility index (Phi) is 3.53. The van der Waals surface area contributed by atoms with E-state index in [1.54, 1.807) is 13.1 Å². The van der Waals surface area contributed by atoms with Gasteiger partial charge in [-0.15, -0.1) is 0 Å². The average molecular weight is 333 g/mol. The van der Waals surface area contributed by atoms with E-state index in [2.05, 4.69) is 20.4 Å². The second-order valence-corrected chi connectivity index (χ2v) is 5.73. The van der Waals surface area contributed by atoms with E-state index < -0.39 is 0 Å². The molecule has 3 aromatic heterocycles. The van der Waals surface area contributed by atoms with E-state index in [1.807, 2.05) is 48.0 Å². The lowest BCUT2D eigenvalue weighted by Gasteiger charge is -2.09. The SMILES string of the molecule is Cc1ccc(-c2cn3cccnc3n2)cc1NC(=O)c1cnoc1C. The Bertz CT molecular complexity index is 1050. The van der Waals surface area contributed by atoms with Gasteiger partial charge in [0.25, 0.3) is 5.91 Å². The Hall–Kier alpha value is -3.48. The number of hydrogen-bond donors (Lipinski definition) is 1. The van der Waals surface area contributed by atoms with Gasteiger partial charge in [-0.2, -0.15) is 0 Å². The van der Waals surface area contributed by atoms with Crippen LogP contribution in [0.1, 0.15) is 21.7 Å². The quantitative estimate of drug-likeness (QED) is 0.622. The number of imidazole rings is 1. The highest BCUT2D eigenvalue weighted by Crippen LogP contribution is 2.25. The normalized spacial score (nSPS) is 11.0. The van der Waals surface area contributed by atoms with Gasteiger partial charge in [0.15, 0.2) is 0 Å². The van der Waals surface area contributed by atoms with E-state index in [0.29, 0.717) is 22.8 Å². The molecule has 0 radical (unpaired) electrons. The summed E-state index contributed by atoms with van der Waals surface area (Å²) in [7, 11) is 0. The molecule has 4 aromatic rings. The molecule has 0 aliphatic carbocycles. The lowest BCUT2D eigenvalue weighted by Crippen LogP contribution is -2.13. The van der Waals surface area contributed by atoms with Crippen LogP contribution in [0, 0.1) is 13.8 Å². The molecule has 0 aliphatic heterocycles. The second kappa shape index (κ2) is 5.86. The van der Waals surface area contributed by atoms with Gasteiger partial charge >= 0.3 is 0 Å². The molecular formula is C18H15N5O2. The number of benzene rings is 1. The fraction of sp³-hybridized carbons (Fsp3) is 0.111. The van der Waals surface area contributed by atoms with Crippen LogP contribution >= 0.6 is 0 Å². The molecule has 0 fully saturated rings. The first-order chi connectivity index (χ1) is 12.1. The molecule has 0 unspecified atom stereocenters. The van der Waals surface area contributed by atoms with Crippen molar-refractivity contribution in [2.45, 2.75) is 13.8 Å². The highest BCUT2D eigenvalue weighted by Gasteiger charge is 2.15. The number of aryl methyl sites for hydroxylation is 2. The van der Waals surface area contributed by atoms with Crippen LogP contribution in [0.15, 0.2) is 53.6 Å². The summed E-state index contributed by atoms with van der Waals surface area (Å²) in [6.07, 6.45) is 6.92. The number of amides is 1. The third-order valence-corrected chi connectivity index (χ3v) is 4.01. The third kappa shape index (κ3) is 2.76. The van der Waals surface area contributed by atoms with Crippen LogP contribution in [-0.4, -0.2) is 25.4 Å². The first-order valence-electron chi connectivity index (χ1n) is 7.75. The zero-order chi connectivity index (χ0) is 17.4. The van der Waals surface area contributed by atoms with Gasteiger partial charge in [0, 0.05) is 29.8 Å². The minimum Gasteiger partial charge on any atom is -0.361 e. The van der Waals surface area contributed by atoms with Gasteiger partial charge in [-0.3, -0.25) is 9.20 Å². The molecule has 0 aliphatic rings. The molecule has 7 nitrogen and oxygen atoms in total. The summed E-state index contributed by atoms with van der Waals surface area (Å²) in [4.78, 5) is 21.1. The zero-order valence-corrected chi connectivity index (χ0v) is 13.7. The fourth-order valence-corrected chi connectivity index (χ4v) is 2.59. The summed E-state index contributed by atoms with van der Waals surface area (Å²) >= 11 is 0. The van der Waals surface area contributed by atoms with E-state index in [1.165, 1.54) is 6.20 Å². The van der Waals surface area contributed by atoms with Crippen LogP contribution in [0.2, 0.25) is 0 Å². The maximum atomic E-state index is 12.4. The number of carbonyl (C=O) groups is 1. The standard InChI is InChI=1S/C18H15N5O2/c1-11-4-5-13(16-10-23-7-3-6-19-18(23)22-16)8-15(11)21-17(24)14-9-20-25-12(14)2/h3-10H,1-2H3,(H,21,24). The average Bonchev–Trinajstić information content (AvgIpc) is 3.22. The molecule has 1 aromatic carbocycles. The predicted molar refractivity (Wildman–Crippen MR) is 92.4 cm³/mol. The number of hydrogen-bond acceptors (Lipinski definition) is 5. The van der Waals surface area contributed by atoms with Crippen molar-refractivity contribution in [1.82, 2.24) is 19.5 Å². The molecule has 0 saturated heterocycles. The number of carbonyl (C=O) groups excluding carboxylic acids is 1. The van der Waals surface area contributed by atoms with Crippen molar-refractivity contribution in [2.75, 3.05) is 5.32 Å². The number of rotatable bonds is 3. The molecule has 0 atom stereocenters. The van der Waals surface area contributed by atoms with Crippen molar-refractivity contribution in [3.63, 3.8) is 0 Å². The highest BCUT2D eigenvalue weighted by molar-refractivity contribution is 6.05. The summed E-state index contributed by atoms with van der Waals surface area (Å²) in [5, 5.41) is 6.55. The summed E-state index contributed by atoms with van der Waals surface area (Å²) in [5.41, 5.74) is 3.77. The summed E-state index contributed by atoms with van der Waals surface area (Å²) in [6, 6.07) is 7.67. The highest BCUT2D eigenvalue weighted by atomic mass is 16.5. The Morgan fingerprint density at radius 3 is 2.92 bits per heavy atom. The predicted octanol–water partition coefficient (Wildman–Crippen LogP) is 3.25. The summed E-state index contributed by atoms with van der Waals surface area (Å²) in [6.45, 7) is 3.64. The first-order valence-corrected chi connectivity index (χ1v) is 7.75. The minimum absolute atomic E-state index is 0.254. The van der Waals surface area contributed by atoms with Crippen LogP contribution < -0.4 is 5.32 Å². The second-order valence-electron chi connectivity index (χ2n) is 5.73. The molecule has 124 valence electrons. The van der Waals surface area contributed by atoms with Crippen LogP contribution in [0.3, 0.4) is 0 Å². The molecule has 1 amide bonds. The van der Waals surface area contributed by atoms with Crippen molar-refractivity contribution in [2.24, 2.45) is 0 Å². The van der Waals surface area contributed by atoms with Crippen molar-refractivity contribution < 1.29 is 9.32 Å². The Balaban J connectivity index is 1.69. The number of fused-ring (bicyclic) bond motifs is 1. The van der Waals surface area contributed by atoms with Crippen LogP contribution in [0.25, 0.3) is 17.0 Å². The maximum absolute atomic E-state index is 12.4. The van der Waals surface area contributed by atoms with Gasteiger partial charge in [0.05, 0.1) is 11.9 Å². The van der Waals surface area contributed by atoms with E-state index in [4.69, 9.17) is 4.52 Å². The van der Waals surface area contributed by atoms with E-state index in [9.17, 15) is 4.79 Å². The molecule has 0 spiro atoms. The number of anilines is 1. The van der Waals surface area contributed by atoms with Gasteiger partial charge in [-0.25, -0.2) is 9.97 Å². The van der Waals surface area contributed by atoms with Crippen molar-refractivity contribution in [3.8, 4) is 11.3 Å². The maximum Gasteiger partial charge on any atom is 0.260 e. The molecule has 25 heavy (non-hydrogen) atoms. The third-order valence-electron chi connectivity index (χ3n) is 4.01. The molecule has 4 rings (SSSR count). The van der Waals surface area contributed by atoms with E-state index >= 15 is 0 Å². The van der Waals surface area contributed by atoms with Crippen LogP contribution in [-0.2, 0) is 0 Å². The molecule has 7 heteroatoms. The molecular weight excluding hydrogens is 318 g/mol. The zero-order valence-electron chi connectivity index (χ0n) is 13.7. The van der Waals surface area contributed by atoms with Gasteiger partial charge in [0.2, 0.25) is 5.78 Å². The fourth-order valence-electron chi connectivity index (χ4n) is 2.59. The smallest absolute Gasteiger partial charge is 0.260 e. The molecule has 0 bridgehead atoms. The molecule has 3 heterocycles. The molecule has 1 N–H and O–H groups in total. The monoisotopic (exact) mass is 333 g/mol. The van der Waals surface area contributed by atoms with E-state index in [-0.39, 0.29) is 5.91 Å². The van der Waals surface area contributed by atoms with Gasteiger partial charge in [-0.1, -0.05) is 17.3 Å². The van der Waals surface area contributed by atoms with Crippen molar-refractivity contribution >= 4 is 17.4 Å². The lowest BCUT2D eigenvalue weighted by molar-refractivity contribution is 0.102. The van der Waals surface area contributed by atoms with Crippen molar-refractivity contribution in [3.05, 3.63) is 65.9 Å². The van der Waals surface area contributed by atoms with E-state index in [0.717, 1.165) is 16.8 Å². The minimum atomic E-state index is -0.254. The number of nitrogens with zero attached hydrogens (tertiary/aromatic N) is 4. The van der Waals surface area contributed by atoms with Gasteiger partial charge < -0.3 is 9.84 Å². The Morgan fingerprint density at radius 1 is 1.28 bits per heavy atom. The summed E-state index contributed by atoms with van der Waals surface area (Å²) < 4.78 is 6.80. The number of aromatic nitrogens is 4. The number of nitrogens with one attached hydrogen (secondary N) is 1. The Morgan fingerprint density at radius 2 is 2.16 bits per heavy atom. The van der Waals surface area contributed by atoms with Gasteiger partial charge in [0.1, 0.15) is 11.3 Å². The van der Waals surface area contributed by atoms with Crippen molar-refractivity contribution in [1.29, 1.82) is 0 Å². The summed E-state index contributed by atoms with van der Waals surface area (Å²) in [5.74, 6) is 0.858. The molecule has 0 saturated carbocycles. The van der Waals surface area contributed by atoms with Crippen LogP contribution in [0.4, 0.5) is 5.69 Å². The van der Waals surface area contributed by atoms with Gasteiger partial charge in [-0.05, 0) is 31.5 Å². The largest absolute Gasteiger partial charge is 0.361 e. The first kappa shape index (κ1) is 15.1. The Labute approximate surface area is 143 Å². The lowest BCUT2D eigenvalue weighted by atomic mass is 10.1. The van der Waals surface area contributed by atoms with Crippen LogP contribution in [0.5, 0.6) is 0 Å². The topological polar surface area (TPSA) is 85.3 Å².